The van der Waals surface area contributed by atoms with Gasteiger partial charge in [-0.05, 0) is 24.4 Å². The summed E-state index contributed by atoms with van der Waals surface area (Å²) < 4.78 is 0. The van der Waals surface area contributed by atoms with Crippen molar-refractivity contribution in [3.63, 3.8) is 0 Å². The van der Waals surface area contributed by atoms with Gasteiger partial charge in [0.2, 0.25) is 0 Å². The van der Waals surface area contributed by atoms with Crippen LogP contribution in [0.5, 0.6) is 0 Å². The predicted octanol–water partition coefficient (Wildman–Crippen LogP) is 5.95. The predicted molar refractivity (Wildman–Crippen MR) is 91.5 cm³/mol. The van der Waals surface area contributed by atoms with Gasteiger partial charge in [-0.1, -0.05) is 59.3 Å². The summed E-state index contributed by atoms with van der Waals surface area (Å²) in [5.41, 5.74) is 0. The molecule has 1 nitrogen and oxygen atoms in total. The Morgan fingerprint density at radius 2 is 1.00 bits per heavy atom. The lowest BCUT2D eigenvalue weighted by molar-refractivity contribution is 0.424. The van der Waals surface area contributed by atoms with E-state index in [1.165, 1.54) is 57.8 Å². The molecule has 0 aliphatic carbocycles. The van der Waals surface area contributed by atoms with Crippen LogP contribution in [0.15, 0.2) is 0 Å². The van der Waals surface area contributed by atoms with Crippen molar-refractivity contribution in [3.8, 4) is 0 Å². The highest BCUT2D eigenvalue weighted by Gasteiger charge is 2.22. The Morgan fingerprint density at radius 3 is 1.19 bits per heavy atom. The van der Waals surface area contributed by atoms with Gasteiger partial charge in [0.05, 0.1) is 0 Å². The van der Waals surface area contributed by atoms with E-state index < -0.39 is 0 Å². The zero-order chi connectivity index (χ0) is 10.9. The first-order chi connectivity index (χ1) is 6.68. The average molecular weight is 361 g/mol. The summed E-state index contributed by atoms with van der Waals surface area (Å²) in [5, 5.41) is 0.571. The molecule has 1 atom stereocenters. The van der Waals surface area contributed by atoms with Gasteiger partial charge in [0.25, 0.3) is 0 Å². The van der Waals surface area contributed by atoms with E-state index >= 15 is 0 Å². The summed E-state index contributed by atoms with van der Waals surface area (Å²) >= 11 is 0. The maximum absolute atomic E-state index is 3.17. The Kier molecular flexibility index (Phi) is 19.8. The topological polar surface area (TPSA) is 35.0 Å². The molecule has 0 spiro atoms. The fraction of sp³-hybridized carbons (Fsp3) is 1.00. The molecule has 0 aromatic carbocycles. The Morgan fingerprint density at radius 1 is 0.750 bits per heavy atom. The van der Waals surface area contributed by atoms with Gasteiger partial charge >= 0.3 is 0 Å². The van der Waals surface area contributed by atoms with Gasteiger partial charge in [0.1, 0.15) is 0 Å². The second-order valence-corrected chi connectivity index (χ2v) is 5.90. The van der Waals surface area contributed by atoms with Crippen LogP contribution in [0.1, 0.15) is 78.6 Å². The lowest BCUT2D eigenvalue weighted by Crippen LogP contribution is -2.20. The summed E-state index contributed by atoms with van der Waals surface area (Å²) in [5.74, 6) is 0. The average Bonchev–Trinajstić information content (AvgIpc) is 2.21. The van der Waals surface area contributed by atoms with E-state index in [-0.39, 0.29) is 30.1 Å². The van der Waals surface area contributed by atoms with E-state index in [9.17, 15) is 0 Å². The fourth-order valence-electron chi connectivity index (χ4n) is 1.96. The van der Waals surface area contributed by atoms with Crippen LogP contribution in [0.25, 0.3) is 0 Å². The quantitative estimate of drug-likeness (QED) is 0.400. The van der Waals surface area contributed by atoms with E-state index in [0.717, 1.165) is 0 Å². The Labute approximate surface area is 123 Å². The SMILES string of the molecule is CCCCC(P)(CCCC)CCCC.I.N. The zero-order valence-corrected chi connectivity index (χ0v) is 15.0. The molecule has 0 radical (unpaired) electrons. The van der Waals surface area contributed by atoms with E-state index in [1.807, 2.05) is 0 Å². The highest BCUT2D eigenvalue weighted by Crippen LogP contribution is 2.36. The Balaban J connectivity index is -0.000000845. The van der Waals surface area contributed by atoms with Crippen molar-refractivity contribution in [1.29, 1.82) is 0 Å². The summed E-state index contributed by atoms with van der Waals surface area (Å²) in [4.78, 5) is 0. The van der Waals surface area contributed by atoms with Gasteiger partial charge in [-0.25, -0.2) is 0 Å². The van der Waals surface area contributed by atoms with Gasteiger partial charge in [-0.3, -0.25) is 0 Å². The van der Waals surface area contributed by atoms with Crippen molar-refractivity contribution in [1.82, 2.24) is 6.15 Å². The molecule has 1 unspecified atom stereocenters. The minimum Gasteiger partial charge on any atom is -0.344 e. The number of hydrogen-bond acceptors (Lipinski definition) is 1. The third-order valence-electron chi connectivity index (χ3n) is 3.08. The van der Waals surface area contributed by atoms with Crippen molar-refractivity contribution >= 4 is 33.2 Å². The van der Waals surface area contributed by atoms with E-state index in [0.29, 0.717) is 5.16 Å². The van der Waals surface area contributed by atoms with Crippen LogP contribution in [0, 0.1) is 0 Å². The van der Waals surface area contributed by atoms with Crippen LogP contribution < -0.4 is 6.15 Å². The molecule has 0 saturated heterocycles. The van der Waals surface area contributed by atoms with E-state index in [2.05, 4.69) is 30.0 Å². The van der Waals surface area contributed by atoms with Crippen LogP contribution in [-0.2, 0) is 0 Å². The standard InChI is InChI=1S/C13H29P.HI.H3N/c1-4-7-10-13(14,11-8-5-2)12-9-6-3;;/h4-12,14H2,1-3H3;1H;1H3. The molecule has 0 bridgehead atoms. The number of unbranched alkanes of at least 4 members (excludes halogenated alkanes) is 3. The van der Waals surface area contributed by atoms with Gasteiger partial charge in [0, 0.05) is 0 Å². The fourth-order valence-corrected chi connectivity index (χ4v) is 2.57. The molecule has 0 aliphatic rings. The normalized spacial score (nSPS) is 10.5. The molecule has 0 amide bonds. The molecule has 0 aromatic rings. The third kappa shape index (κ3) is 11.6. The molecule has 0 saturated carbocycles. The first-order valence-corrected chi connectivity index (χ1v) is 7.05. The molecule has 3 heteroatoms. The molecular weight excluding hydrogens is 328 g/mol. The minimum atomic E-state index is 0. The molecule has 0 aromatic heterocycles. The van der Waals surface area contributed by atoms with Crippen molar-refractivity contribution in [2.24, 2.45) is 0 Å². The summed E-state index contributed by atoms with van der Waals surface area (Å²) in [7, 11) is 3.17. The van der Waals surface area contributed by atoms with Crippen LogP contribution in [0.2, 0.25) is 0 Å². The molecular formula is C13H33INP. The Hall–Kier alpha value is 1.12. The minimum absolute atomic E-state index is 0. The molecule has 0 heterocycles. The van der Waals surface area contributed by atoms with Gasteiger partial charge in [0.15, 0.2) is 0 Å². The van der Waals surface area contributed by atoms with Crippen LogP contribution in [0.4, 0.5) is 0 Å². The van der Waals surface area contributed by atoms with E-state index in [4.69, 9.17) is 0 Å². The van der Waals surface area contributed by atoms with E-state index in [1.54, 1.807) is 0 Å². The highest BCUT2D eigenvalue weighted by molar-refractivity contribution is 14.0. The molecule has 0 rings (SSSR count). The maximum atomic E-state index is 3.17. The van der Waals surface area contributed by atoms with Gasteiger partial charge < -0.3 is 6.15 Å². The molecule has 16 heavy (non-hydrogen) atoms. The lowest BCUT2D eigenvalue weighted by Gasteiger charge is -2.29. The molecule has 102 valence electrons. The first kappa shape index (κ1) is 22.3. The largest absolute Gasteiger partial charge is 0.344 e. The van der Waals surface area contributed by atoms with Crippen molar-refractivity contribution in [2.75, 3.05) is 0 Å². The van der Waals surface area contributed by atoms with Gasteiger partial charge in [-0.15, -0.1) is 33.2 Å². The summed E-state index contributed by atoms with van der Waals surface area (Å²) in [6.07, 6.45) is 12.5. The second kappa shape index (κ2) is 14.2. The molecule has 0 aliphatic heterocycles. The lowest BCUT2D eigenvalue weighted by atomic mass is 9.90. The highest BCUT2D eigenvalue weighted by atomic mass is 127. The van der Waals surface area contributed by atoms with Crippen molar-refractivity contribution in [2.45, 2.75) is 83.7 Å². The Bertz CT molecular complexity index is 109. The van der Waals surface area contributed by atoms with Crippen molar-refractivity contribution < 1.29 is 0 Å². The third-order valence-corrected chi connectivity index (χ3v) is 3.95. The zero-order valence-electron chi connectivity index (χ0n) is 11.6. The van der Waals surface area contributed by atoms with Crippen molar-refractivity contribution in [3.05, 3.63) is 0 Å². The van der Waals surface area contributed by atoms with Gasteiger partial charge in [-0.2, -0.15) is 0 Å². The maximum Gasteiger partial charge on any atom is -0.0150 e. The summed E-state index contributed by atoms with van der Waals surface area (Å²) in [6.45, 7) is 6.89. The summed E-state index contributed by atoms with van der Waals surface area (Å²) in [6, 6.07) is 0. The molecule has 3 N–H and O–H groups in total. The van der Waals surface area contributed by atoms with Crippen LogP contribution in [-0.4, -0.2) is 5.16 Å². The first-order valence-electron chi connectivity index (χ1n) is 6.47. The monoisotopic (exact) mass is 361 g/mol. The number of rotatable bonds is 9. The number of hydrogen-bond donors (Lipinski definition) is 1. The second-order valence-electron chi connectivity index (χ2n) is 4.67. The molecule has 0 fully saturated rings. The number of halogens is 1. The van der Waals surface area contributed by atoms with Crippen LogP contribution in [0.3, 0.4) is 0 Å². The van der Waals surface area contributed by atoms with Crippen LogP contribution >= 0.6 is 33.2 Å². The smallest absolute Gasteiger partial charge is 0.0150 e.